The van der Waals surface area contributed by atoms with Crippen molar-refractivity contribution in [1.29, 1.82) is 0 Å². The molecule has 5 nitrogen and oxygen atoms in total. The number of thioether (sulfide) groups is 1. The average molecular weight is 350 g/mol. The van der Waals surface area contributed by atoms with Crippen LogP contribution in [-0.4, -0.2) is 32.7 Å². The lowest BCUT2D eigenvalue weighted by Crippen LogP contribution is -2.25. The van der Waals surface area contributed by atoms with Gasteiger partial charge in [-0.3, -0.25) is 10.1 Å². The lowest BCUT2D eigenvalue weighted by molar-refractivity contribution is -0.138. The molecule has 2 rings (SSSR count). The number of amides is 1. The number of halogens is 3. The number of aromatic nitrogens is 3. The lowest BCUT2D eigenvalue weighted by Gasteiger charge is -2.17. The highest BCUT2D eigenvalue weighted by Gasteiger charge is 2.36. The second-order valence-electron chi connectivity index (χ2n) is 4.33. The summed E-state index contributed by atoms with van der Waals surface area (Å²) in [6.07, 6.45) is 1.41. The highest BCUT2D eigenvalue weighted by atomic mass is 32.2. The van der Waals surface area contributed by atoms with Gasteiger partial charge >= 0.3 is 6.18 Å². The highest BCUT2D eigenvalue weighted by Crippen LogP contribution is 2.33. The zero-order chi connectivity index (χ0) is 16.2. The van der Waals surface area contributed by atoms with E-state index in [4.69, 9.17) is 0 Å². The Bertz CT molecular complexity index is 612. The van der Waals surface area contributed by atoms with E-state index in [0.717, 1.165) is 5.75 Å². The van der Waals surface area contributed by atoms with Crippen molar-refractivity contribution in [2.24, 2.45) is 0 Å². The maximum atomic E-state index is 12.5. The molecule has 2 heterocycles. The van der Waals surface area contributed by atoms with Crippen molar-refractivity contribution in [3.63, 3.8) is 0 Å². The van der Waals surface area contributed by atoms with Gasteiger partial charge in [-0.05, 0) is 30.6 Å². The summed E-state index contributed by atoms with van der Waals surface area (Å²) in [4.78, 5) is 12.3. The number of hydrogen-bond donors (Lipinski definition) is 1. The molecule has 10 heteroatoms. The van der Waals surface area contributed by atoms with Crippen LogP contribution in [0, 0.1) is 0 Å². The smallest absolute Gasteiger partial charge is 0.342 e. The number of nitrogens with one attached hydrogen (secondary N) is 1. The first-order valence-electron chi connectivity index (χ1n) is 6.24. The summed E-state index contributed by atoms with van der Waals surface area (Å²) in [7, 11) is 0. The van der Waals surface area contributed by atoms with Gasteiger partial charge in [0.1, 0.15) is 6.04 Å². The first-order valence-corrected chi connectivity index (χ1v) is 8.46. The second kappa shape index (κ2) is 7.14. The van der Waals surface area contributed by atoms with E-state index in [1.807, 2.05) is 6.26 Å². The molecule has 0 bridgehead atoms. The molecule has 2 aromatic heterocycles. The Labute approximate surface area is 132 Å². The zero-order valence-electron chi connectivity index (χ0n) is 11.5. The highest BCUT2D eigenvalue weighted by molar-refractivity contribution is 7.98. The monoisotopic (exact) mass is 350 g/mol. The van der Waals surface area contributed by atoms with E-state index in [9.17, 15) is 18.0 Å². The van der Waals surface area contributed by atoms with Gasteiger partial charge in [0.05, 0.1) is 0 Å². The molecular formula is C12H13F3N4OS2. The predicted octanol–water partition coefficient (Wildman–Crippen LogP) is 3.29. The number of carbonyl (C=O) groups excluding carboxylic acids is 1. The number of hydrogen-bond acceptors (Lipinski definition) is 5. The number of alkyl halides is 3. The summed E-state index contributed by atoms with van der Waals surface area (Å²) in [5.74, 6) is 0.343. The maximum Gasteiger partial charge on any atom is 0.445 e. The molecule has 0 aliphatic heterocycles. The summed E-state index contributed by atoms with van der Waals surface area (Å²) < 4.78 is 39.1. The Morgan fingerprint density at radius 2 is 2.09 bits per heavy atom. The second-order valence-corrected chi connectivity index (χ2v) is 6.29. The van der Waals surface area contributed by atoms with Gasteiger partial charge in [0.15, 0.2) is 0 Å². The Morgan fingerprint density at radius 3 is 2.64 bits per heavy atom. The molecule has 0 aliphatic carbocycles. The number of nitrogens with zero attached hydrogens (tertiary/aromatic N) is 3. The van der Waals surface area contributed by atoms with Crippen molar-refractivity contribution < 1.29 is 18.0 Å². The average Bonchev–Trinajstić information content (AvgIpc) is 3.09. The first-order chi connectivity index (χ1) is 10.4. The van der Waals surface area contributed by atoms with Crippen molar-refractivity contribution in [2.45, 2.75) is 18.6 Å². The van der Waals surface area contributed by atoms with Gasteiger partial charge in [0.2, 0.25) is 16.0 Å². The molecule has 0 spiro atoms. The molecular weight excluding hydrogens is 337 g/mol. The van der Waals surface area contributed by atoms with E-state index < -0.39 is 23.1 Å². The minimum absolute atomic E-state index is 0.154. The summed E-state index contributed by atoms with van der Waals surface area (Å²) in [6.45, 7) is 0. The standard InChI is InChI=1S/C12H13F3N4OS2/c1-21-7-4-8(19-5-2-3-6-19)9(20)16-11-18-17-10(22-11)12(13,14)15/h2-3,5-6,8H,4,7H2,1H3,(H,16,18,20)/t8-/m0/s1. The van der Waals surface area contributed by atoms with Crippen LogP contribution in [0.4, 0.5) is 18.3 Å². The van der Waals surface area contributed by atoms with Gasteiger partial charge in [-0.1, -0.05) is 11.3 Å². The van der Waals surface area contributed by atoms with Gasteiger partial charge in [0, 0.05) is 12.4 Å². The molecule has 0 unspecified atom stereocenters. The quantitative estimate of drug-likeness (QED) is 0.868. The van der Waals surface area contributed by atoms with Crippen LogP contribution in [0.3, 0.4) is 0 Å². The lowest BCUT2D eigenvalue weighted by atomic mass is 10.2. The van der Waals surface area contributed by atoms with Crippen LogP contribution >= 0.6 is 23.1 Å². The minimum atomic E-state index is -4.56. The Kier molecular flexibility index (Phi) is 5.46. The third-order valence-corrected chi connectivity index (χ3v) is 4.31. The van der Waals surface area contributed by atoms with E-state index in [2.05, 4.69) is 15.5 Å². The predicted molar refractivity (Wildman–Crippen MR) is 80.0 cm³/mol. The van der Waals surface area contributed by atoms with Crippen molar-refractivity contribution in [1.82, 2.24) is 14.8 Å². The SMILES string of the molecule is CSCC[C@@H](C(=O)Nc1nnc(C(F)(F)F)s1)n1cccc1. The van der Waals surface area contributed by atoms with Crippen LogP contribution in [0.5, 0.6) is 0 Å². The molecule has 1 amide bonds. The van der Waals surface area contributed by atoms with Crippen molar-refractivity contribution in [2.75, 3.05) is 17.3 Å². The van der Waals surface area contributed by atoms with Gasteiger partial charge in [-0.25, -0.2) is 0 Å². The molecule has 0 saturated heterocycles. The number of rotatable bonds is 6. The minimum Gasteiger partial charge on any atom is -0.342 e. The maximum absolute atomic E-state index is 12.5. The van der Waals surface area contributed by atoms with Gasteiger partial charge in [0.25, 0.3) is 0 Å². The Morgan fingerprint density at radius 1 is 1.41 bits per heavy atom. The Hall–Kier alpha value is -1.55. The van der Waals surface area contributed by atoms with Gasteiger partial charge < -0.3 is 4.57 Å². The van der Waals surface area contributed by atoms with E-state index in [-0.39, 0.29) is 5.13 Å². The molecule has 0 saturated carbocycles. The van der Waals surface area contributed by atoms with Crippen LogP contribution in [0.2, 0.25) is 0 Å². The van der Waals surface area contributed by atoms with Crippen LogP contribution < -0.4 is 5.32 Å². The molecule has 2 aromatic rings. The van der Waals surface area contributed by atoms with Crippen molar-refractivity contribution >= 4 is 34.1 Å². The molecule has 0 radical (unpaired) electrons. The third kappa shape index (κ3) is 4.23. The fourth-order valence-corrected chi connectivity index (χ4v) is 2.85. The summed E-state index contributed by atoms with van der Waals surface area (Å²) in [5, 5.41) is 7.59. The van der Waals surface area contributed by atoms with E-state index in [0.29, 0.717) is 17.8 Å². The largest absolute Gasteiger partial charge is 0.445 e. The van der Waals surface area contributed by atoms with E-state index in [1.165, 1.54) is 0 Å². The van der Waals surface area contributed by atoms with Gasteiger partial charge in [-0.15, -0.1) is 10.2 Å². The summed E-state index contributed by atoms with van der Waals surface area (Å²) in [6, 6.07) is 3.07. The zero-order valence-corrected chi connectivity index (χ0v) is 13.1. The normalized spacial score (nSPS) is 13.1. The molecule has 22 heavy (non-hydrogen) atoms. The Balaban J connectivity index is 2.09. The van der Waals surface area contributed by atoms with Crippen LogP contribution in [-0.2, 0) is 11.0 Å². The van der Waals surface area contributed by atoms with Crippen molar-refractivity contribution in [3.05, 3.63) is 29.5 Å². The van der Waals surface area contributed by atoms with Crippen molar-refractivity contribution in [3.8, 4) is 0 Å². The molecule has 1 atom stereocenters. The van der Waals surface area contributed by atoms with Crippen LogP contribution in [0.25, 0.3) is 0 Å². The van der Waals surface area contributed by atoms with Crippen LogP contribution in [0.1, 0.15) is 17.5 Å². The molecule has 0 fully saturated rings. The molecule has 1 N–H and O–H groups in total. The number of carbonyl (C=O) groups is 1. The fourth-order valence-electron chi connectivity index (χ4n) is 1.78. The fraction of sp³-hybridized carbons (Fsp3) is 0.417. The topological polar surface area (TPSA) is 59.8 Å². The summed E-state index contributed by atoms with van der Waals surface area (Å²) in [5.41, 5.74) is 0. The molecule has 120 valence electrons. The van der Waals surface area contributed by atoms with E-state index >= 15 is 0 Å². The first kappa shape index (κ1) is 16.8. The molecule has 0 aliphatic rings. The summed E-state index contributed by atoms with van der Waals surface area (Å²) >= 11 is 1.90. The third-order valence-electron chi connectivity index (χ3n) is 2.78. The number of anilines is 1. The van der Waals surface area contributed by atoms with E-state index in [1.54, 1.807) is 40.9 Å². The van der Waals surface area contributed by atoms with Crippen LogP contribution in [0.15, 0.2) is 24.5 Å². The van der Waals surface area contributed by atoms with Gasteiger partial charge in [-0.2, -0.15) is 24.9 Å². The molecule has 0 aromatic carbocycles.